The normalized spacial score (nSPS) is 19.0. The zero-order chi connectivity index (χ0) is 42.9. The molecule has 9 nitrogen and oxygen atoms in total. The third kappa shape index (κ3) is 11.1. The number of aliphatic hydroxyl groups is 1. The number of amides is 1. The van der Waals surface area contributed by atoms with E-state index in [2.05, 4.69) is 66.2 Å². The van der Waals surface area contributed by atoms with Crippen LogP contribution in [0.3, 0.4) is 0 Å². The van der Waals surface area contributed by atoms with Crippen LogP contribution >= 0.6 is 0 Å². The minimum absolute atomic E-state index is 0.0247. The monoisotopic (exact) mass is 837 g/mol. The van der Waals surface area contributed by atoms with Gasteiger partial charge in [-0.25, -0.2) is 8.42 Å². The fourth-order valence-electron chi connectivity index (χ4n) is 7.80. The minimum Gasteiger partial charge on any atom is -0.392 e. The molecule has 10 heteroatoms. The van der Waals surface area contributed by atoms with E-state index in [9.17, 15) is 18.3 Å². The molecule has 1 saturated heterocycles. The molecule has 1 amide bonds. The highest BCUT2D eigenvalue weighted by atomic mass is 32.2. The van der Waals surface area contributed by atoms with E-state index in [1.165, 1.54) is 5.56 Å². The molecule has 1 fully saturated rings. The van der Waals surface area contributed by atoms with Crippen LogP contribution in [0.4, 0.5) is 0 Å². The number of sulfonamides is 1. The summed E-state index contributed by atoms with van der Waals surface area (Å²) in [5.74, 6) is -0.395. The van der Waals surface area contributed by atoms with Gasteiger partial charge < -0.3 is 19.9 Å². The molecule has 0 spiro atoms. The Bertz CT molecular complexity index is 2470. The van der Waals surface area contributed by atoms with Gasteiger partial charge in [-0.1, -0.05) is 146 Å². The molecule has 0 aromatic heterocycles. The summed E-state index contributed by atoms with van der Waals surface area (Å²) in [6.45, 7) is 7.14. The van der Waals surface area contributed by atoms with Crippen molar-refractivity contribution in [2.24, 2.45) is 5.92 Å². The number of ether oxygens (including phenoxy) is 2. The number of hydrogen-bond donors (Lipinski definition) is 3. The molecule has 6 unspecified atom stereocenters. The van der Waals surface area contributed by atoms with Gasteiger partial charge in [0.05, 0.1) is 23.7 Å². The van der Waals surface area contributed by atoms with Gasteiger partial charge in [0.2, 0.25) is 15.9 Å². The van der Waals surface area contributed by atoms with Gasteiger partial charge in [0.25, 0.3) is 0 Å². The van der Waals surface area contributed by atoms with Crippen molar-refractivity contribution in [2.45, 2.75) is 75.8 Å². The fraction of sp³-hybridized carbons (Fsp3) is 0.275. The Hall–Kier alpha value is -5.46. The summed E-state index contributed by atoms with van der Waals surface area (Å²) in [5.41, 5.74) is 8.53. The molecule has 61 heavy (non-hydrogen) atoms. The summed E-state index contributed by atoms with van der Waals surface area (Å²) in [6.07, 6.45) is -0.858. The largest absolute Gasteiger partial charge is 0.392 e. The minimum atomic E-state index is -3.97. The van der Waals surface area contributed by atoms with E-state index in [-0.39, 0.29) is 48.6 Å². The van der Waals surface area contributed by atoms with Crippen molar-refractivity contribution in [3.8, 4) is 11.1 Å². The topological polar surface area (TPSA) is 117 Å². The third-order valence-electron chi connectivity index (χ3n) is 11.6. The maximum absolute atomic E-state index is 13.8. The van der Waals surface area contributed by atoms with Gasteiger partial charge in [0.15, 0.2) is 6.29 Å². The van der Waals surface area contributed by atoms with E-state index in [0.717, 1.165) is 44.5 Å². The van der Waals surface area contributed by atoms with Crippen LogP contribution in [-0.4, -0.2) is 50.1 Å². The van der Waals surface area contributed by atoms with Crippen molar-refractivity contribution in [1.29, 1.82) is 0 Å². The Morgan fingerprint density at radius 1 is 0.738 bits per heavy atom. The summed E-state index contributed by atoms with van der Waals surface area (Å²) < 4.78 is 43.2. The van der Waals surface area contributed by atoms with Crippen LogP contribution in [0.2, 0.25) is 0 Å². The first-order valence-electron chi connectivity index (χ1n) is 20.8. The van der Waals surface area contributed by atoms with E-state index < -0.39 is 28.3 Å². The molecule has 0 saturated carbocycles. The van der Waals surface area contributed by atoms with Gasteiger partial charge >= 0.3 is 0 Å². The molecule has 316 valence electrons. The summed E-state index contributed by atoms with van der Waals surface area (Å²) in [5, 5.41) is 12.7. The highest BCUT2D eigenvalue weighted by Gasteiger charge is 2.39. The second-order valence-corrected chi connectivity index (χ2v) is 17.8. The first-order valence-corrected chi connectivity index (χ1v) is 22.3. The summed E-state index contributed by atoms with van der Waals surface area (Å²) in [6, 6.07) is 49.6. The van der Waals surface area contributed by atoms with Gasteiger partial charge in [-0.2, -0.15) is 4.72 Å². The van der Waals surface area contributed by atoms with Crippen molar-refractivity contribution in [2.75, 3.05) is 13.6 Å². The molecule has 1 aliphatic rings. The zero-order valence-electron chi connectivity index (χ0n) is 35.1. The second-order valence-electron chi connectivity index (χ2n) is 16.1. The molecule has 6 atom stereocenters. The molecule has 0 radical (unpaired) electrons. The number of aliphatic hydroxyl groups excluding tert-OH is 1. The summed E-state index contributed by atoms with van der Waals surface area (Å²) in [4.78, 5) is 16.2. The van der Waals surface area contributed by atoms with Gasteiger partial charge in [-0.15, -0.1) is 0 Å². The number of aryl methyl sites for hydroxylation is 1. The lowest BCUT2D eigenvalue weighted by Crippen LogP contribution is -2.47. The number of benzene rings is 6. The van der Waals surface area contributed by atoms with Crippen LogP contribution in [0.25, 0.3) is 11.1 Å². The van der Waals surface area contributed by atoms with E-state index in [0.29, 0.717) is 6.54 Å². The van der Waals surface area contributed by atoms with E-state index in [1.807, 2.05) is 110 Å². The third-order valence-corrected chi connectivity index (χ3v) is 13.1. The van der Waals surface area contributed by atoms with Crippen LogP contribution < -0.4 is 10.0 Å². The first-order chi connectivity index (χ1) is 29.5. The van der Waals surface area contributed by atoms with Gasteiger partial charge in [-0.3, -0.25) is 9.69 Å². The summed E-state index contributed by atoms with van der Waals surface area (Å²) >= 11 is 0. The van der Waals surface area contributed by atoms with Crippen molar-refractivity contribution in [3.63, 3.8) is 0 Å². The Kier molecular flexibility index (Phi) is 14.3. The number of carbonyl (C=O) groups excluding carboxylic acids is 1. The number of hydrogen-bond acceptors (Lipinski definition) is 7. The Labute approximate surface area is 360 Å². The highest BCUT2D eigenvalue weighted by molar-refractivity contribution is 7.89. The van der Waals surface area contributed by atoms with E-state index in [4.69, 9.17) is 9.47 Å². The van der Waals surface area contributed by atoms with E-state index >= 15 is 0 Å². The predicted octanol–water partition coefficient (Wildman–Crippen LogP) is 8.84. The SMILES string of the molecule is Cc1ccc(S(=O)(=O)NC(Cc2ccccc2)C(=O)NCc2cccc(-c3cccc(C4OC(CN(C)C(C)c5ccccc5)C(C)C(c5ccc(CO)cc5)O4)c3)c2)cc1. The highest BCUT2D eigenvalue weighted by Crippen LogP contribution is 2.43. The van der Waals surface area contributed by atoms with Gasteiger partial charge in [0.1, 0.15) is 6.04 Å². The van der Waals surface area contributed by atoms with Crippen molar-refractivity contribution < 1.29 is 27.8 Å². The fourth-order valence-corrected chi connectivity index (χ4v) is 9.00. The quantitative estimate of drug-likeness (QED) is 0.0893. The zero-order valence-corrected chi connectivity index (χ0v) is 36.0. The van der Waals surface area contributed by atoms with Crippen molar-refractivity contribution in [3.05, 3.63) is 197 Å². The Balaban J connectivity index is 1.09. The average molecular weight is 838 g/mol. The maximum atomic E-state index is 13.8. The molecular weight excluding hydrogens is 783 g/mol. The van der Waals surface area contributed by atoms with Crippen LogP contribution in [0.5, 0.6) is 0 Å². The van der Waals surface area contributed by atoms with Crippen LogP contribution in [-0.2, 0) is 43.9 Å². The number of likely N-dealkylation sites (N-methyl/N-ethyl adjacent to an activating group) is 1. The number of nitrogens with one attached hydrogen (secondary N) is 2. The molecule has 1 aliphatic heterocycles. The lowest BCUT2D eigenvalue weighted by Gasteiger charge is -2.43. The van der Waals surface area contributed by atoms with Crippen LogP contribution in [0, 0.1) is 12.8 Å². The molecule has 1 heterocycles. The van der Waals surface area contributed by atoms with Crippen molar-refractivity contribution >= 4 is 15.9 Å². The molecule has 6 aromatic rings. The maximum Gasteiger partial charge on any atom is 0.241 e. The van der Waals surface area contributed by atoms with Crippen molar-refractivity contribution in [1.82, 2.24) is 14.9 Å². The molecule has 6 aromatic carbocycles. The van der Waals surface area contributed by atoms with Crippen LogP contribution in [0.15, 0.2) is 163 Å². The Morgan fingerprint density at radius 2 is 1.38 bits per heavy atom. The van der Waals surface area contributed by atoms with E-state index in [1.54, 1.807) is 24.3 Å². The lowest BCUT2D eigenvalue weighted by atomic mass is 9.89. The molecular formula is C51H55N3O6S. The summed E-state index contributed by atoms with van der Waals surface area (Å²) in [7, 11) is -1.84. The first kappa shape index (κ1) is 43.6. The van der Waals surface area contributed by atoms with Gasteiger partial charge in [0, 0.05) is 30.6 Å². The smallest absolute Gasteiger partial charge is 0.241 e. The standard InChI is InChI=1S/C51H55N3O6S/c1-35-21-27-46(28-22-35)61(57,58)53-47(30-38-13-7-5-8-14-38)50(56)52-32-40-15-11-18-43(29-40)44-19-12-20-45(31-44)51-59-48(33-54(4)37(3)41-16-9-6-10-17-41)36(2)49(60-51)42-25-23-39(34-55)24-26-42/h5-29,31,36-37,47-49,51,53,55H,30,32-34H2,1-4H3,(H,52,56). The molecule has 7 rings (SSSR count). The molecule has 0 aliphatic carbocycles. The second kappa shape index (κ2) is 19.9. The van der Waals surface area contributed by atoms with Crippen LogP contribution in [0.1, 0.15) is 71.2 Å². The number of nitrogens with zero attached hydrogens (tertiary/aromatic N) is 1. The molecule has 3 N–H and O–H groups in total. The van der Waals surface area contributed by atoms with Gasteiger partial charge in [-0.05, 0) is 90.5 Å². The molecule has 0 bridgehead atoms. The average Bonchev–Trinajstić information content (AvgIpc) is 3.29. The predicted molar refractivity (Wildman–Crippen MR) is 240 cm³/mol. The number of carbonyl (C=O) groups is 1. The lowest BCUT2D eigenvalue weighted by molar-refractivity contribution is -0.276. The number of rotatable bonds is 16. The Morgan fingerprint density at radius 3 is 2.07 bits per heavy atom.